The molecule has 5 nitrogen and oxygen atoms in total. The topological polar surface area (TPSA) is 89.5 Å². The molecule has 174 valence electrons. The second-order valence-corrected chi connectivity index (χ2v) is 9.07. The first kappa shape index (κ1) is 23.3. The highest BCUT2D eigenvalue weighted by Gasteiger charge is 2.47. The first-order valence-electron chi connectivity index (χ1n) is 11.3. The van der Waals surface area contributed by atoms with E-state index in [2.05, 4.69) is 0 Å². The highest BCUT2D eigenvalue weighted by Crippen LogP contribution is 2.49. The average molecular weight is 455 g/mol. The molecule has 0 fully saturated rings. The van der Waals surface area contributed by atoms with E-state index in [-0.39, 0.29) is 32.3 Å². The highest BCUT2D eigenvalue weighted by molar-refractivity contribution is 5.80. The largest absolute Gasteiger partial charge is 0.550 e. The normalized spacial score (nSPS) is 21.9. The minimum atomic E-state index is -1.56. The zero-order valence-electron chi connectivity index (χ0n) is 18.8. The summed E-state index contributed by atoms with van der Waals surface area (Å²) < 4.78 is 6.03. The summed E-state index contributed by atoms with van der Waals surface area (Å²) in [6, 6.07) is 27.8. The Balaban J connectivity index is 1.75. The number of aliphatic carboxylic acids is 2. The second kappa shape index (κ2) is 9.96. The van der Waals surface area contributed by atoms with E-state index in [1.807, 2.05) is 91.0 Å². The summed E-state index contributed by atoms with van der Waals surface area (Å²) in [7, 11) is 0. The van der Waals surface area contributed by atoms with Gasteiger partial charge in [0.25, 0.3) is 0 Å². The van der Waals surface area contributed by atoms with E-state index in [1.165, 1.54) is 0 Å². The summed E-state index contributed by atoms with van der Waals surface area (Å²) in [6.07, 6.45) is 1.68. The van der Waals surface area contributed by atoms with E-state index in [1.54, 1.807) is 6.08 Å². The predicted molar refractivity (Wildman–Crippen MR) is 124 cm³/mol. The van der Waals surface area contributed by atoms with Crippen LogP contribution in [0.4, 0.5) is 0 Å². The number of allylic oxidation sites excluding steroid dienone is 1. The Morgan fingerprint density at radius 1 is 0.706 bits per heavy atom. The van der Waals surface area contributed by atoms with Crippen LogP contribution in [0.5, 0.6) is 0 Å². The van der Waals surface area contributed by atoms with Gasteiger partial charge >= 0.3 is 0 Å². The van der Waals surface area contributed by atoms with Gasteiger partial charge in [-0.05, 0) is 42.0 Å². The molecule has 0 saturated carbocycles. The first-order valence-corrected chi connectivity index (χ1v) is 11.3. The molecule has 0 N–H and O–H groups in total. The van der Waals surface area contributed by atoms with Crippen LogP contribution in [0.3, 0.4) is 0 Å². The Kier molecular flexibility index (Phi) is 6.82. The first-order chi connectivity index (χ1) is 16.4. The van der Waals surface area contributed by atoms with Crippen molar-refractivity contribution < 1.29 is 24.5 Å². The summed E-state index contributed by atoms with van der Waals surface area (Å²) in [5.41, 5.74) is -0.544. The molecular weight excluding hydrogens is 428 g/mol. The van der Waals surface area contributed by atoms with Crippen LogP contribution in [0.1, 0.15) is 29.5 Å². The molecule has 0 spiro atoms. The highest BCUT2D eigenvalue weighted by atomic mass is 16.5. The summed E-state index contributed by atoms with van der Waals surface area (Å²) >= 11 is 0. The average Bonchev–Trinajstić information content (AvgIpc) is 2.84. The van der Waals surface area contributed by atoms with Crippen molar-refractivity contribution in [1.29, 1.82) is 0 Å². The molecule has 1 aliphatic carbocycles. The molecule has 0 heterocycles. The molecule has 1 aliphatic rings. The lowest BCUT2D eigenvalue weighted by molar-refractivity contribution is -0.327. The van der Waals surface area contributed by atoms with Gasteiger partial charge in [-0.2, -0.15) is 0 Å². The van der Waals surface area contributed by atoms with Crippen LogP contribution in [0.15, 0.2) is 103 Å². The maximum atomic E-state index is 12.7. The van der Waals surface area contributed by atoms with Crippen LogP contribution in [0.25, 0.3) is 0 Å². The number of hydrogen-bond acceptors (Lipinski definition) is 5. The molecule has 0 radical (unpaired) electrons. The number of ether oxygens (including phenoxy) is 1. The fourth-order valence-electron chi connectivity index (χ4n) is 4.86. The van der Waals surface area contributed by atoms with Crippen LogP contribution in [-0.2, 0) is 33.8 Å². The van der Waals surface area contributed by atoms with Crippen LogP contribution >= 0.6 is 0 Å². The van der Waals surface area contributed by atoms with Crippen LogP contribution in [0, 0.1) is 10.8 Å². The zero-order chi connectivity index (χ0) is 24.0. The van der Waals surface area contributed by atoms with Gasteiger partial charge in [0, 0.05) is 23.2 Å². The Morgan fingerprint density at radius 2 is 1.21 bits per heavy atom. The van der Waals surface area contributed by atoms with E-state index in [9.17, 15) is 19.8 Å². The van der Waals surface area contributed by atoms with Crippen LogP contribution in [-0.4, -0.2) is 11.9 Å². The van der Waals surface area contributed by atoms with Crippen molar-refractivity contribution in [2.24, 2.45) is 10.8 Å². The lowest BCUT2D eigenvalue weighted by Crippen LogP contribution is -2.54. The SMILES string of the molecule is O=C([O-])C1(Cc2ccccc2)C=C(OCc2ccccc2)CC(Cc2ccccc2)(C(=O)[O-])C1. The van der Waals surface area contributed by atoms with Gasteiger partial charge in [-0.25, -0.2) is 0 Å². The molecule has 2 unspecified atom stereocenters. The van der Waals surface area contributed by atoms with Gasteiger partial charge in [0.15, 0.2) is 0 Å². The number of carboxylic acids is 2. The molecule has 0 saturated heterocycles. The predicted octanol–water partition coefficient (Wildman–Crippen LogP) is 2.84. The number of carbonyl (C=O) groups is 2. The number of benzene rings is 3. The van der Waals surface area contributed by atoms with E-state index < -0.39 is 22.8 Å². The number of rotatable bonds is 9. The minimum absolute atomic E-state index is 0.0425. The quantitative estimate of drug-likeness (QED) is 0.496. The van der Waals surface area contributed by atoms with Crippen molar-refractivity contribution in [3.63, 3.8) is 0 Å². The molecule has 0 bridgehead atoms. The van der Waals surface area contributed by atoms with E-state index in [4.69, 9.17) is 4.74 Å². The van der Waals surface area contributed by atoms with Gasteiger partial charge < -0.3 is 24.5 Å². The van der Waals surface area contributed by atoms with Crippen molar-refractivity contribution in [1.82, 2.24) is 0 Å². The summed E-state index contributed by atoms with van der Waals surface area (Å²) in [6.45, 7) is 0.204. The second-order valence-electron chi connectivity index (χ2n) is 9.07. The maximum absolute atomic E-state index is 12.7. The van der Waals surface area contributed by atoms with Crippen molar-refractivity contribution in [3.8, 4) is 0 Å². The molecule has 0 amide bonds. The third-order valence-electron chi connectivity index (χ3n) is 6.46. The van der Waals surface area contributed by atoms with Gasteiger partial charge in [0.05, 0.1) is 11.7 Å². The van der Waals surface area contributed by atoms with E-state index in [0.717, 1.165) is 16.7 Å². The number of carbonyl (C=O) groups excluding carboxylic acids is 2. The molecule has 0 aliphatic heterocycles. The Morgan fingerprint density at radius 3 is 1.71 bits per heavy atom. The van der Waals surface area contributed by atoms with Crippen molar-refractivity contribution in [2.45, 2.75) is 32.3 Å². The zero-order valence-corrected chi connectivity index (χ0v) is 18.8. The van der Waals surface area contributed by atoms with Gasteiger partial charge in [-0.15, -0.1) is 0 Å². The lowest BCUT2D eigenvalue weighted by Gasteiger charge is -2.47. The monoisotopic (exact) mass is 454 g/mol. The number of hydrogen-bond donors (Lipinski definition) is 0. The fourth-order valence-corrected chi connectivity index (χ4v) is 4.86. The Labute approximate surface area is 199 Å². The Bertz CT molecular complexity index is 1160. The van der Waals surface area contributed by atoms with Crippen molar-refractivity contribution in [3.05, 3.63) is 120 Å². The van der Waals surface area contributed by atoms with Gasteiger partial charge in [0.1, 0.15) is 6.61 Å². The van der Waals surface area contributed by atoms with E-state index >= 15 is 0 Å². The molecule has 3 aromatic rings. The molecular formula is C29H26O5-2. The number of carboxylic acid groups (broad SMARTS) is 2. The molecule has 2 atom stereocenters. The molecule has 34 heavy (non-hydrogen) atoms. The van der Waals surface area contributed by atoms with Gasteiger partial charge in [-0.3, -0.25) is 0 Å². The smallest absolute Gasteiger partial charge is 0.113 e. The van der Waals surface area contributed by atoms with E-state index in [0.29, 0.717) is 5.76 Å². The maximum Gasteiger partial charge on any atom is 0.113 e. The molecule has 4 rings (SSSR count). The van der Waals surface area contributed by atoms with Gasteiger partial charge in [0.2, 0.25) is 0 Å². The fraction of sp³-hybridized carbons (Fsp3) is 0.241. The third kappa shape index (κ3) is 5.20. The lowest BCUT2D eigenvalue weighted by atomic mass is 9.61. The minimum Gasteiger partial charge on any atom is -0.550 e. The molecule has 5 heteroatoms. The summed E-state index contributed by atoms with van der Waals surface area (Å²) in [5, 5.41) is 25.3. The standard InChI is InChI=1S/C29H28O5/c30-26(31)28(16-22-10-4-1-5-11-22)18-25(34-20-24-14-8-3-9-15-24)19-29(21-28,27(32)33)17-23-12-6-2-7-13-23/h1-15,18H,16-17,19-21H2,(H,30,31)(H,32,33)/p-2. The summed E-state index contributed by atoms with van der Waals surface area (Å²) in [4.78, 5) is 25.3. The molecule has 0 aromatic heterocycles. The van der Waals surface area contributed by atoms with Crippen molar-refractivity contribution >= 4 is 11.9 Å². The Hall–Kier alpha value is -3.86. The third-order valence-corrected chi connectivity index (χ3v) is 6.46. The van der Waals surface area contributed by atoms with Crippen molar-refractivity contribution in [2.75, 3.05) is 0 Å². The van der Waals surface area contributed by atoms with Gasteiger partial charge in [-0.1, -0.05) is 91.0 Å². The molecule has 3 aromatic carbocycles. The van der Waals surface area contributed by atoms with Crippen LogP contribution in [0.2, 0.25) is 0 Å². The summed E-state index contributed by atoms with van der Waals surface area (Å²) in [5.74, 6) is -2.28. The van der Waals surface area contributed by atoms with Crippen LogP contribution < -0.4 is 10.2 Å².